The molecule has 3 aromatic carbocycles. The van der Waals surface area contributed by atoms with Gasteiger partial charge in [0.2, 0.25) is 15.9 Å². The molecule has 1 aromatic heterocycles. The molecule has 0 saturated carbocycles. The van der Waals surface area contributed by atoms with Crippen molar-refractivity contribution < 1.29 is 17.9 Å². The van der Waals surface area contributed by atoms with E-state index in [1.165, 1.54) is 28.2 Å². The number of morpholine rings is 1. The fourth-order valence-corrected chi connectivity index (χ4v) is 6.08. The van der Waals surface area contributed by atoms with Crippen molar-refractivity contribution >= 4 is 33.4 Å². The highest BCUT2D eigenvalue weighted by molar-refractivity contribution is 7.99. The highest BCUT2D eigenvalue weighted by Gasteiger charge is 2.26. The Bertz CT molecular complexity index is 1450. The number of para-hydroxylation sites is 1. The fraction of sp³-hybridized carbons (Fsp3) is 0.192. The predicted octanol–water partition coefficient (Wildman–Crippen LogP) is 3.69. The van der Waals surface area contributed by atoms with E-state index in [2.05, 4.69) is 15.5 Å². The first kappa shape index (κ1) is 25.2. The molecule has 0 spiro atoms. The molecule has 1 N–H and O–H groups in total. The summed E-state index contributed by atoms with van der Waals surface area (Å²) in [6, 6.07) is 25.7. The van der Waals surface area contributed by atoms with Gasteiger partial charge in [-0.15, -0.1) is 10.2 Å². The van der Waals surface area contributed by atoms with Crippen LogP contribution < -0.4 is 5.32 Å². The standard InChI is InChI=1S/C26H25N5O4S2/c32-24(27-21-11-13-23(14-12-21)37(33,34)30-15-17-35-18-16-30)19-36-26-29-28-25(20-7-3-1-4-8-20)31(26)22-9-5-2-6-10-22/h1-14H,15-19H2,(H,27,32). The van der Waals surface area contributed by atoms with Crippen LogP contribution >= 0.6 is 11.8 Å². The minimum Gasteiger partial charge on any atom is -0.379 e. The monoisotopic (exact) mass is 535 g/mol. The van der Waals surface area contributed by atoms with Crippen molar-refractivity contribution in [1.29, 1.82) is 0 Å². The van der Waals surface area contributed by atoms with Crippen LogP contribution in [0, 0.1) is 0 Å². The molecule has 190 valence electrons. The quantitative estimate of drug-likeness (QED) is 0.343. The predicted molar refractivity (Wildman–Crippen MR) is 142 cm³/mol. The first-order valence-electron chi connectivity index (χ1n) is 11.7. The summed E-state index contributed by atoms with van der Waals surface area (Å²) < 4.78 is 34.2. The van der Waals surface area contributed by atoms with Gasteiger partial charge in [0.1, 0.15) is 0 Å². The van der Waals surface area contributed by atoms with Crippen LogP contribution in [0.25, 0.3) is 17.1 Å². The normalized spacial score (nSPS) is 14.4. The van der Waals surface area contributed by atoms with Gasteiger partial charge in [0.15, 0.2) is 11.0 Å². The third kappa shape index (κ3) is 5.75. The molecule has 1 amide bonds. The van der Waals surface area contributed by atoms with Gasteiger partial charge in [-0.1, -0.05) is 60.3 Å². The first-order chi connectivity index (χ1) is 18.0. The van der Waals surface area contributed by atoms with Crippen molar-refractivity contribution in [3.8, 4) is 17.1 Å². The van der Waals surface area contributed by atoms with Gasteiger partial charge in [-0.25, -0.2) is 8.42 Å². The molecule has 0 radical (unpaired) electrons. The lowest BCUT2D eigenvalue weighted by atomic mass is 10.2. The van der Waals surface area contributed by atoms with Gasteiger partial charge in [0.25, 0.3) is 0 Å². The van der Waals surface area contributed by atoms with Crippen LogP contribution in [-0.4, -0.2) is 65.5 Å². The Balaban J connectivity index is 1.27. The van der Waals surface area contributed by atoms with Gasteiger partial charge in [-0.2, -0.15) is 4.31 Å². The zero-order valence-corrected chi connectivity index (χ0v) is 21.5. The number of amides is 1. The molecule has 37 heavy (non-hydrogen) atoms. The lowest BCUT2D eigenvalue weighted by Crippen LogP contribution is -2.40. The van der Waals surface area contributed by atoms with E-state index in [-0.39, 0.29) is 16.6 Å². The third-order valence-corrected chi connectivity index (χ3v) is 8.60. The van der Waals surface area contributed by atoms with E-state index in [9.17, 15) is 13.2 Å². The zero-order valence-electron chi connectivity index (χ0n) is 19.9. The molecule has 2 heterocycles. The average Bonchev–Trinajstić information content (AvgIpc) is 3.38. The number of rotatable bonds is 8. The number of nitrogens with one attached hydrogen (secondary N) is 1. The van der Waals surface area contributed by atoms with Gasteiger partial charge < -0.3 is 10.1 Å². The van der Waals surface area contributed by atoms with E-state index < -0.39 is 10.0 Å². The molecule has 0 aliphatic carbocycles. The van der Waals surface area contributed by atoms with Crippen LogP contribution in [0.15, 0.2) is 95.0 Å². The van der Waals surface area contributed by atoms with Crippen molar-refractivity contribution in [3.63, 3.8) is 0 Å². The number of anilines is 1. The van der Waals surface area contributed by atoms with E-state index in [1.807, 2.05) is 65.2 Å². The number of hydrogen-bond donors (Lipinski definition) is 1. The van der Waals surface area contributed by atoms with Gasteiger partial charge in [0.05, 0.1) is 23.9 Å². The summed E-state index contributed by atoms with van der Waals surface area (Å²) in [5.74, 6) is 0.553. The number of carbonyl (C=O) groups excluding carboxylic acids is 1. The summed E-state index contributed by atoms with van der Waals surface area (Å²) >= 11 is 1.27. The Kier molecular flexibility index (Phi) is 7.65. The molecule has 0 unspecified atom stereocenters. The average molecular weight is 536 g/mol. The van der Waals surface area contributed by atoms with Crippen molar-refractivity contribution in [2.24, 2.45) is 0 Å². The number of benzene rings is 3. The maximum atomic E-state index is 12.8. The minimum atomic E-state index is -3.59. The molecule has 0 bridgehead atoms. The van der Waals surface area contributed by atoms with Crippen LogP contribution in [0.4, 0.5) is 5.69 Å². The van der Waals surface area contributed by atoms with E-state index in [0.29, 0.717) is 43.0 Å². The van der Waals surface area contributed by atoms with E-state index in [4.69, 9.17) is 4.74 Å². The second-order valence-electron chi connectivity index (χ2n) is 8.22. The maximum absolute atomic E-state index is 12.8. The van der Waals surface area contributed by atoms with E-state index in [1.54, 1.807) is 12.1 Å². The summed E-state index contributed by atoms with van der Waals surface area (Å²) in [5.41, 5.74) is 2.33. The van der Waals surface area contributed by atoms with Gasteiger partial charge in [-0.05, 0) is 36.4 Å². The molecular formula is C26H25N5O4S2. The summed E-state index contributed by atoms with van der Waals surface area (Å²) in [4.78, 5) is 12.9. The maximum Gasteiger partial charge on any atom is 0.243 e. The second-order valence-corrected chi connectivity index (χ2v) is 11.1. The van der Waals surface area contributed by atoms with Crippen molar-refractivity contribution in [3.05, 3.63) is 84.9 Å². The lowest BCUT2D eigenvalue weighted by Gasteiger charge is -2.26. The van der Waals surface area contributed by atoms with Gasteiger partial charge >= 0.3 is 0 Å². The Hall–Kier alpha value is -3.51. The smallest absolute Gasteiger partial charge is 0.243 e. The van der Waals surface area contributed by atoms with Crippen LogP contribution in [0.3, 0.4) is 0 Å². The van der Waals surface area contributed by atoms with E-state index in [0.717, 1.165) is 11.3 Å². The minimum absolute atomic E-state index is 0.105. The Morgan fingerprint density at radius 3 is 2.22 bits per heavy atom. The SMILES string of the molecule is O=C(CSc1nnc(-c2ccccc2)n1-c1ccccc1)Nc1ccc(S(=O)(=O)N2CCOCC2)cc1. The first-order valence-corrected chi connectivity index (χ1v) is 14.1. The molecule has 1 aliphatic heterocycles. The number of hydrogen-bond acceptors (Lipinski definition) is 7. The topological polar surface area (TPSA) is 106 Å². The van der Waals surface area contributed by atoms with Crippen molar-refractivity contribution in [2.75, 3.05) is 37.4 Å². The highest BCUT2D eigenvalue weighted by atomic mass is 32.2. The lowest BCUT2D eigenvalue weighted by molar-refractivity contribution is -0.113. The Morgan fingerprint density at radius 1 is 0.892 bits per heavy atom. The number of ether oxygens (including phenoxy) is 1. The number of carbonyl (C=O) groups is 1. The fourth-order valence-electron chi connectivity index (χ4n) is 3.92. The van der Waals surface area contributed by atoms with Crippen molar-refractivity contribution in [2.45, 2.75) is 10.1 Å². The molecule has 1 fully saturated rings. The summed E-state index contributed by atoms with van der Waals surface area (Å²) in [7, 11) is -3.59. The van der Waals surface area contributed by atoms with Gasteiger partial charge in [0, 0.05) is 30.0 Å². The summed E-state index contributed by atoms with van der Waals surface area (Å²) in [6.45, 7) is 1.43. The second kappa shape index (κ2) is 11.3. The van der Waals surface area contributed by atoms with Crippen LogP contribution in [-0.2, 0) is 19.6 Å². The molecule has 1 aliphatic rings. The Labute approximate surface area is 219 Å². The van der Waals surface area contributed by atoms with Crippen molar-refractivity contribution in [1.82, 2.24) is 19.1 Å². The summed E-state index contributed by atoms with van der Waals surface area (Å²) in [5, 5.41) is 12.1. The molecule has 5 rings (SSSR count). The van der Waals surface area contributed by atoms with Crippen LogP contribution in [0.1, 0.15) is 0 Å². The number of aromatic nitrogens is 3. The molecule has 9 nitrogen and oxygen atoms in total. The zero-order chi connectivity index (χ0) is 25.7. The van der Waals surface area contributed by atoms with E-state index >= 15 is 0 Å². The molecule has 11 heteroatoms. The number of nitrogens with zero attached hydrogens (tertiary/aromatic N) is 4. The molecule has 1 saturated heterocycles. The molecule has 4 aromatic rings. The van der Waals surface area contributed by atoms with Crippen LogP contribution in [0.5, 0.6) is 0 Å². The largest absolute Gasteiger partial charge is 0.379 e. The molecular weight excluding hydrogens is 510 g/mol. The number of sulfonamides is 1. The van der Waals surface area contributed by atoms with Crippen LogP contribution in [0.2, 0.25) is 0 Å². The Morgan fingerprint density at radius 2 is 1.54 bits per heavy atom. The summed E-state index contributed by atoms with van der Waals surface area (Å²) in [6.07, 6.45) is 0. The third-order valence-electron chi connectivity index (χ3n) is 5.76. The molecule has 0 atom stereocenters. The highest BCUT2D eigenvalue weighted by Crippen LogP contribution is 2.28. The number of thioether (sulfide) groups is 1. The van der Waals surface area contributed by atoms with Gasteiger partial charge in [-0.3, -0.25) is 9.36 Å².